The van der Waals surface area contributed by atoms with Gasteiger partial charge in [-0.1, -0.05) is 30.7 Å². The van der Waals surface area contributed by atoms with Gasteiger partial charge in [0.15, 0.2) is 0 Å². The van der Waals surface area contributed by atoms with Gasteiger partial charge in [-0.2, -0.15) is 5.10 Å². The summed E-state index contributed by atoms with van der Waals surface area (Å²) >= 11 is 6.50. The van der Waals surface area contributed by atoms with Gasteiger partial charge in [0.2, 0.25) is 5.91 Å². The van der Waals surface area contributed by atoms with Crippen molar-refractivity contribution in [3.63, 3.8) is 0 Å². The van der Waals surface area contributed by atoms with E-state index in [4.69, 9.17) is 16.3 Å². The molecule has 0 radical (unpaired) electrons. The molecule has 1 heterocycles. The highest BCUT2D eigenvalue weighted by atomic mass is 35.5. The second-order valence-electron chi connectivity index (χ2n) is 8.23. The fourth-order valence-electron chi connectivity index (χ4n) is 3.85. The van der Waals surface area contributed by atoms with Crippen LogP contribution in [0.4, 0.5) is 5.69 Å². The molecule has 0 aliphatic carbocycles. The van der Waals surface area contributed by atoms with Crippen molar-refractivity contribution < 1.29 is 9.53 Å². The summed E-state index contributed by atoms with van der Waals surface area (Å²) in [6.07, 6.45) is 2.92. The van der Waals surface area contributed by atoms with Crippen LogP contribution in [0.15, 0.2) is 41.5 Å². The summed E-state index contributed by atoms with van der Waals surface area (Å²) in [4.78, 5) is 14.4. The van der Waals surface area contributed by atoms with Gasteiger partial charge < -0.3 is 9.64 Å². The van der Waals surface area contributed by atoms with Crippen molar-refractivity contribution in [2.24, 2.45) is 5.10 Å². The Morgan fingerprint density at radius 1 is 1.34 bits per heavy atom. The summed E-state index contributed by atoms with van der Waals surface area (Å²) in [5.41, 5.74) is 6.76. The van der Waals surface area contributed by atoms with Gasteiger partial charge in [-0.3, -0.25) is 4.79 Å². The maximum atomic E-state index is 12.1. The molecule has 1 N–H and O–H groups in total. The third-order valence-corrected chi connectivity index (χ3v) is 6.00. The van der Waals surface area contributed by atoms with Gasteiger partial charge >= 0.3 is 0 Å². The van der Waals surface area contributed by atoms with E-state index in [2.05, 4.69) is 49.3 Å². The topological polar surface area (TPSA) is 53.9 Å². The molecule has 1 unspecified atom stereocenters. The van der Waals surface area contributed by atoms with Crippen LogP contribution < -0.4 is 15.1 Å². The maximum absolute atomic E-state index is 12.1. The van der Waals surface area contributed by atoms with Crippen molar-refractivity contribution in [2.75, 3.05) is 19.1 Å². The van der Waals surface area contributed by atoms with Gasteiger partial charge in [0.1, 0.15) is 5.75 Å². The lowest BCUT2D eigenvalue weighted by Gasteiger charge is -2.45. The van der Waals surface area contributed by atoms with Crippen LogP contribution in [0.1, 0.15) is 49.8 Å². The van der Waals surface area contributed by atoms with Crippen molar-refractivity contribution in [1.29, 1.82) is 0 Å². The highest BCUT2D eigenvalue weighted by molar-refractivity contribution is 6.33. The normalized spacial score (nSPS) is 17.9. The van der Waals surface area contributed by atoms with Crippen LogP contribution in [-0.2, 0) is 11.2 Å². The monoisotopic (exact) mass is 413 g/mol. The highest BCUT2D eigenvalue weighted by Gasteiger charge is 2.34. The SMILES string of the molecule is COc1ccc(CC(=O)N/N=C\c2cc3c(cc2Cl)N(C)C(C)(C)CC3C)cc1. The first-order chi connectivity index (χ1) is 13.7. The molecular weight excluding hydrogens is 386 g/mol. The largest absolute Gasteiger partial charge is 0.497 e. The van der Waals surface area contributed by atoms with E-state index in [9.17, 15) is 4.79 Å². The predicted octanol–water partition coefficient (Wildman–Crippen LogP) is 4.76. The molecule has 1 amide bonds. The van der Waals surface area contributed by atoms with Crippen molar-refractivity contribution in [3.8, 4) is 5.75 Å². The number of ether oxygens (including phenoxy) is 1. The molecule has 2 aromatic carbocycles. The van der Waals surface area contributed by atoms with Crippen molar-refractivity contribution in [1.82, 2.24) is 5.43 Å². The van der Waals surface area contributed by atoms with Crippen LogP contribution in [0, 0.1) is 0 Å². The Bertz CT molecular complexity index is 922. The Morgan fingerprint density at radius 3 is 2.69 bits per heavy atom. The summed E-state index contributed by atoms with van der Waals surface area (Å²) in [5, 5.41) is 4.73. The van der Waals surface area contributed by atoms with Gasteiger partial charge in [0, 0.05) is 23.8 Å². The number of benzene rings is 2. The average molecular weight is 414 g/mol. The smallest absolute Gasteiger partial charge is 0.244 e. The Labute approximate surface area is 177 Å². The number of hydrogen-bond donors (Lipinski definition) is 1. The van der Waals surface area contributed by atoms with Crippen LogP contribution >= 0.6 is 11.6 Å². The maximum Gasteiger partial charge on any atom is 0.244 e. The Morgan fingerprint density at radius 2 is 2.03 bits per heavy atom. The standard InChI is InChI=1S/C23H28ClN3O2/c1-15-13-23(2,3)27(4)21-12-20(24)17(11-19(15)21)14-25-26-22(28)10-16-6-8-18(29-5)9-7-16/h6-9,11-12,14-15H,10,13H2,1-5H3,(H,26,28)/b25-14-. The molecule has 5 nitrogen and oxygen atoms in total. The number of hydrazone groups is 1. The average Bonchev–Trinajstić information content (AvgIpc) is 2.67. The first-order valence-electron chi connectivity index (χ1n) is 9.73. The number of hydrogen-bond acceptors (Lipinski definition) is 4. The van der Waals surface area contributed by atoms with Crippen LogP contribution in [0.5, 0.6) is 5.75 Å². The minimum atomic E-state index is -0.185. The number of halogens is 1. The fourth-order valence-corrected chi connectivity index (χ4v) is 4.05. The summed E-state index contributed by atoms with van der Waals surface area (Å²) in [6, 6.07) is 11.5. The summed E-state index contributed by atoms with van der Waals surface area (Å²) < 4.78 is 5.12. The molecule has 2 aromatic rings. The number of nitrogens with zero attached hydrogens (tertiary/aromatic N) is 2. The zero-order valence-corrected chi connectivity index (χ0v) is 18.4. The number of carbonyl (C=O) groups excluding carboxylic acids is 1. The van der Waals surface area contributed by atoms with Crippen molar-refractivity contribution in [2.45, 2.75) is 45.1 Å². The van der Waals surface area contributed by atoms with E-state index in [-0.39, 0.29) is 17.9 Å². The zero-order valence-electron chi connectivity index (χ0n) is 17.6. The summed E-state index contributed by atoms with van der Waals surface area (Å²) in [7, 11) is 3.72. The molecular formula is C23H28ClN3O2. The first-order valence-corrected chi connectivity index (χ1v) is 10.1. The van der Waals surface area contributed by atoms with Crippen LogP contribution in [-0.4, -0.2) is 31.8 Å². The van der Waals surface area contributed by atoms with E-state index >= 15 is 0 Å². The van der Waals surface area contributed by atoms with Crippen molar-refractivity contribution in [3.05, 3.63) is 58.1 Å². The summed E-state index contributed by atoms with van der Waals surface area (Å²) in [6.45, 7) is 6.72. The molecule has 1 aliphatic heterocycles. The molecule has 0 spiro atoms. The van der Waals surface area contributed by atoms with Crippen LogP contribution in [0.2, 0.25) is 5.02 Å². The molecule has 0 fully saturated rings. The minimum absolute atomic E-state index is 0.0841. The molecule has 3 rings (SSSR count). The lowest BCUT2D eigenvalue weighted by atomic mass is 9.80. The molecule has 154 valence electrons. The lowest BCUT2D eigenvalue weighted by molar-refractivity contribution is -0.120. The molecule has 0 bridgehead atoms. The third-order valence-electron chi connectivity index (χ3n) is 5.67. The van der Waals surface area contributed by atoms with Crippen molar-refractivity contribution >= 4 is 29.4 Å². The second-order valence-corrected chi connectivity index (χ2v) is 8.63. The van der Waals surface area contributed by atoms with E-state index in [0.29, 0.717) is 10.9 Å². The number of anilines is 1. The summed E-state index contributed by atoms with van der Waals surface area (Å²) in [5.74, 6) is 0.998. The van der Waals surface area contributed by atoms with Gasteiger partial charge in [0.25, 0.3) is 0 Å². The molecule has 29 heavy (non-hydrogen) atoms. The first kappa shape index (κ1) is 21.2. The second kappa shape index (κ2) is 8.46. The molecule has 1 atom stereocenters. The third kappa shape index (κ3) is 4.73. The minimum Gasteiger partial charge on any atom is -0.497 e. The van der Waals surface area contributed by atoms with E-state index in [1.54, 1.807) is 13.3 Å². The molecule has 1 aliphatic rings. The molecule has 0 saturated heterocycles. The van der Waals surface area contributed by atoms with Crippen LogP contribution in [0.25, 0.3) is 0 Å². The number of carbonyl (C=O) groups is 1. The van der Waals surface area contributed by atoms with E-state index in [1.165, 1.54) is 5.56 Å². The Hall–Kier alpha value is -2.53. The highest BCUT2D eigenvalue weighted by Crippen LogP contribution is 2.44. The lowest BCUT2D eigenvalue weighted by Crippen LogP contribution is -2.45. The number of nitrogens with one attached hydrogen (secondary N) is 1. The van der Waals surface area contributed by atoms with Gasteiger partial charge in [-0.25, -0.2) is 5.43 Å². The van der Waals surface area contributed by atoms with Gasteiger partial charge in [-0.05, 0) is 61.6 Å². The molecule has 0 aromatic heterocycles. The fraction of sp³-hybridized carbons (Fsp3) is 0.391. The number of amides is 1. The quantitative estimate of drug-likeness (QED) is 0.567. The molecule has 6 heteroatoms. The zero-order chi connectivity index (χ0) is 21.2. The Balaban J connectivity index is 1.69. The molecule has 0 saturated carbocycles. The number of fused-ring (bicyclic) bond motifs is 1. The Kier molecular flexibility index (Phi) is 6.18. The van der Waals surface area contributed by atoms with E-state index < -0.39 is 0 Å². The predicted molar refractivity (Wildman–Crippen MR) is 119 cm³/mol. The van der Waals surface area contributed by atoms with Gasteiger partial charge in [-0.15, -0.1) is 0 Å². The van der Waals surface area contributed by atoms with Crippen LogP contribution in [0.3, 0.4) is 0 Å². The van der Waals surface area contributed by atoms with E-state index in [1.807, 2.05) is 30.3 Å². The number of rotatable bonds is 5. The van der Waals surface area contributed by atoms with Gasteiger partial charge in [0.05, 0.1) is 24.8 Å². The van der Waals surface area contributed by atoms with E-state index in [0.717, 1.165) is 29.0 Å². The number of methoxy groups -OCH3 is 1.